The molecule has 1 aliphatic carbocycles. The van der Waals surface area contributed by atoms with Crippen molar-refractivity contribution in [2.45, 2.75) is 38.3 Å². The number of carbonyl (C=O) groups is 2. The molecule has 3 heterocycles. The van der Waals surface area contributed by atoms with Crippen molar-refractivity contribution in [3.05, 3.63) is 77.4 Å². The third kappa shape index (κ3) is 3.87. The van der Waals surface area contributed by atoms with Crippen LogP contribution >= 0.6 is 11.3 Å². The molecular formula is C27H26N4O3S. The van der Waals surface area contributed by atoms with Crippen molar-refractivity contribution in [1.29, 1.82) is 0 Å². The van der Waals surface area contributed by atoms with E-state index >= 15 is 0 Å². The number of thiazole rings is 1. The van der Waals surface area contributed by atoms with Gasteiger partial charge in [-0.3, -0.25) is 9.20 Å². The summed E-state index contributed by atoms with van der Waals surface area (Å²) in [7, 11) is 0. The summed E-state index contributed by atoms with van der Waals surface area (Å²) in [5.74, 6) is 0.841. The highest BCUT2D eigenvalue weighted by atomic mass is 32.1. The summed E-state index contributed by atoms with van der Waals surface area (Å²) >= 11 is 1.49. The summed E-state index contributed by atoms with van der Waals surface area (Å²) in [5.41, 5.74) is 3.33. The maximum absolute atomic E-state index is 13.9. The Kier molecular flexibility index (Phi) is 5.53. The van der Waals surface area contributed by atoms with Gasteiger partial charge >= 0.3 is 6.09 Å². The molecule has 1 saturated heterocycles. The third-order valence-electron chi connectivity index (χ3n) is 7.24. The van der Waals surface area contributed by atoms with E-state index in [0.717, 1.165) is 35.4 Å². The van der Waals surface area contributed by atoms with Crippen LogP contribution < -0.4 is 10.1 Å². The van der Waals surface area contributed by atoms with Crippen LogP contribution in [-0.2, 0) is 0 Å². The fraction of sp³-hybridized carbons (Fsp3) is 0.296. The van der Waals surface area contributed by atoms with Gasteiger partial charge in [0.15, 0.2) is 4.96 Å². The smallest absolute Gasteiger partial charge is 0.391 e. The van der Waals surface area contributed by atoms with Crippen LogP contribution in [0.4, 0.5) is 4.79 Å². The number of amides is 2. The molecule has 2 fully saturated rings. The summed E-state index contributed by atoms with van der Waals surface area (Å²) in [6, 6.07) is 17.9. The van der Waals surface area contributed by atoms with E-state index in [0.29, 0.717) is 29.6 Å². The topological polar surface area (TPSA) is 75.9 Å². The number of imidazole rings is 1. The van der Waals surface area contributed by atoms with Gasteiger partial charge in [0.25, 0.3) is 5.91 Å². The fourth-order valence-electron chi connectivity index (χ4n) is 5.66. The summed E-state index contributed by atoms with van der Waals surface area (Å²) in [6.45, 7) is 2.19. The van der Waals surface area contributed by atoms with E-state index in [1.54, 1.807) is 4.40 Å². The fourth-order valence-corrected chi connectivity index (χ4v) is 6.41. The molecule has 1 saturated carbocycles. The number of nitrogens with zero attached hydrogens (tertiary/aromatic N) is 3. The molecule has 2 aliphatic rings. The zero-order valence-corrected chi connectivity index (χ0v) is 20.2. The number of piperidine rings is 1. The van der Waals surface area contributed by atoms with Crippen molar-refractivity contribution in [2.24, 2.45) is 5.92 Å². The number of ether oxygens (including phenoxy) is 1. The van der Waals surface area contributed by atoms with E-state index in [2.05, 4.69) is 10.3 Å². The van der Waals surface area contributed by atoms with Gasteiger partial charge in [-0.05, 0) is 49.3 Å². The van der Waals surface area contributed by atoms with Crippen molar-refractivity contribution in [1.82, 2.24) is 19.6 Å². The average molecular weight is 487 g/mol. The van der Waals surface area contributed by atoms with Crippen LogP contribution in [0.2, 0.25) is 0 Å². The van der Waals surface area contributed by atoms with Crippen molar-refractivity contribution in [2.75, 3.05) is 6.54 Å². The van der Waals surface area contributed by atoms with E-state index < -0.39 is 6.09 Å². The Bertz CT molecular complexity index is 1400. The molecule has 2 aromatic heterocycles. The minimum absolute atomic E-state index is 0.0310. The third-order valence-corrected chi connectivity index (χ3v) is 8.00. The monoisotopic (exact) mass is 486 g/mol. The highest BCUT2D eigenvalue weighted by Gasteiger charge is 2.48. The molecule has 1 aliphatic heterocycles. The number of rotatable bonds is 5. The zero-order valence-electron chi connectivity index (χ0n) is 19.4. The normalized spacial score (nSPS) is 20.9. The van der Waals surface area contributed by atoms with Gasteiger partial charge in [-0.25, -0.2) is 9.78 Å². The molecule has 8 heteroatoms. The molecule has 4 aromatic rings. The summed E-state index contributed by atoms with van der Waals surface area (Å²) in [4.78, 5) is 33.8. The number of hydrogen-bond acceptors (Lipinski definition) is 5. The van der Waals surface area contributed by atoms with Crippen molar-refractivity contribution in [3.8, 4) is 17.0 Å². The summed E-state index contributed by atoms with van der Waals surface area (Å²) in [5, 5.41) is 4.82. The predicted molar refractivity (Wildman–Crippen MR) is 135 cm³/mol. The Labute approximate surface area is 207 Å². The lowest BCUT2D eigenvalue weighted by atomic mass is 9.95. The number of fused-ring (bicyclic) bond motifs is 3. The Hall–Kier alpha value is -3.65. The molecule has 0 spiro atoms. The largest absolute Gasteiger partial charge is 0.414 e. The van der Waals surface area contributed by atoms with Gasteiger partial charge in [-0.15, -0.1) is 11.3 Å². The molecule has 35 heavy (non-hydrogen) atoms. The van der Waals surface area contributed by atoms with Gasteiger partial charge in [0.05, 0.1) is 6.04 Å². The van der Waals surface area contributed by atoms with E-state index in [1.807, 2.05) is 78.0 Å². The highest BCUT2D eigenvalue weighted by Crippen LogP contribution is 2.43. The number of nitrogens with one attached hydrogen (secondary N) is 1. The number of hydrogen-bond donors (Lipinski definition) is 1. The van der Waals surface area contributed by atoms with Crippen LogP contribution in [0, 0.1) is 12.8 Å². The van der Waals surface area contributed by atoms with Crippen LogP contribution in [0.3, 0.4) is 0 Å². The van der Waals surface area contributed by atoms with Gasteiger partial charge in [0.1, 0.15) is 5.69 Å². The predicted octanol–water partition coefficient (Wildman–Crippen LogP) is 5.15. The maximum Gasteiger partial charge on any atom is 0.414 e. The molecule has 2 amide bonds. The molecule has 2 bridgehead atoms. The van der Waals surface area contributed by atoms with Gasteiger partial charge in [-0.1, -0.05) is 48.5 Å². The minimum Gasteiger partial charge on any atom is -0.391 e. The number of likely N-dealkylation sites (tertiary alicyclic amines) is 1. The maximum atomic E-state index is 13.9. The molecular weight excluding hydrogens is 460 g/mol. The van der Waals surface area contributed by atoms with Crippen LogP contribution in [0.5, 0.6) is 5.88 Å². The number of carbonyl (C=O) groups excluding carboxylic acids is 2. The second-order valence-electron chi connectivity index (χ2n) is 9.25. The first kappa shape index (κ1) is 21.9. The molecule has 0 radical (unpaired) electrons. The molecule has 6 rings (SSSR count). The lowest BCUT2D eigenvalue weighted by Gasteiger charge is -2.36. The molecule has 7 nitrogen and oxygen atoms in total. The Morgan fingerprint density at radius 2 is 1.91 bits per heavy atom. The van der Waals surface area contributed by atoms with E-state index in [-0.39, 0.29) is 18.0 Å². The average Bonchev–Trinajstić information content (AvgIpc) is 3.66. The van der Waals surface area contributed by atoms with Crippen molar-refractivity contribution in [3.63, 3.8) is 0 Å². The van der Waals surface area contributed by atoms with Crippen LogP contribution in [0.1, 0.15) is 35.3 Å². The summed E-state index contributed by atoms with van der Waals surface area (Å²) < 4.78 is 7.38. The number of aryl methyl sites for hydroxylation is 1. The van der Waals surface area contributed by atoms with Crippen LogP contribution in [0.25, 0.3) is 16.1 Å². The first-order valence-electron chi connectivity index (χ1n) is 11.9. The minimum atomic E-state index is -0.527. The molecule has 178 valence electrons. The van der Waals surface area contributed by atoms with Gasteiger partial charge in [0.2, 0.25) is 5.88 Å². The van der Waals surface area contributed by atoms with Gasteiger partial charge in [0, 0.05) is 29.7 Å². The first-order valence-corrected chi connectivity index (χ1v) is 12.8. The molecule has 0 unspecified atom stereocenters. The van der Waals surface area contributed by atoms with Gasteiger partial charge < -0.3 is 15.0 Å². The zero-order chi connectivity index (χ0) is 23.9. The quantitative estimate of drug-likeness (QED) is 0.423. The molecule has 2 aromatic carbocycles. The number of aromatic nitrogens is 2. The van der Waals surface area contributed by atoms with Crippen LogP contribution in [-0.4, -0.2) is 44.9 Å². The van der Waals surface area contributed by atoms with E-state index in [4.69, 9.17) is 4.74 Å². The van der Waals surface area contributed by atoms with Crippen LogP contribution in [0.15, 0.2) is 66.2 Å². The molecule has 1 N–H and O–H groups in total. The molecule has 3 atom stereocenters. The Morgan fingerprint density at radius 3 is 2.77 bits per heavy atom. The van der Waals surface area contributed by atoms with E-state index in [1.165, 1.54) is 11.3 Å². The first-order chi connectivity index (χ1) is 17.1. The van der Waals surface area contributed by atoms with Crippen molar-refractivity contribution >= 4 is 28.3 Å². The lowest BCUT2D eigenvalue weighted by molar-refractivity contribution is 0.0591. The lowest BCUT2D eigenvalue weighted by Crippen LogP contribution is -2.50. The van der Waals surface area contributed by atoms with Crippen molar-refractivity contribution < 1.29 is 14.3 Å². The standard InChI is InChI=1S/C27H26N4O3S/c1-17-25(30-13-14-35-26(30)29-17)34-27(33)28-16-23-19-11-12-20(15-19)31(23)24(32)22-10-6-5-9-21(22)18-7-3-2-4-8-18/h2-10,13-14,19-20,23H,11-12,15-16H2,1H3,(H,28,33)/t19-,20+,23+/m0/s1. The van der Waals surface area contributed by atoms with E-state index in [9.17, 15) is 9.59 Å². The second-order valence-corrected chi connectivity index (χ2v) is 10.1. The Balaban J connectivity index is 1.20. The number of benzene rings is 2. The van der Waals surface area contributed by atoms with Gasteiger partial charge in [-0.2, -0.15) is 0 Å². The SMILES string of the molecule is Cc1nc2sccn2c1OC(=O)NC[C@@H]1[C@H]2CC[C@H](C2)N1C(=O)c1ccccc1-c1ccccc1. The summed E-state index contributed by atoms with van der Waals surface area (Å²) in [6.07, 6.45) is 4.38. The second kappa shape index (κ2) is 8.85. The Morgan fingerprint density at radius 1 is 1.11 bits per heavy atom. The highest BCUT2D eigenvalue weighted by molar-refractivity contribution is 7.15.